The minimum Gasteiger partial charge on any atom is -0.461 e. The van der Waals surface area contributed by atoms with E-state index in [4.69, 9.17) is 4.74 Å². The molecule has 0 saturated carbocycles. The summed E-state index contributed by atoms with van der Waals surface area (Å²) in [5.41, 5.74) is 3.24. The van der Waals surface area contributed by atoms with Gasteiger partial charge >= 0.3 is 5.97 Å². The molecule has 1 atom stereocenters. The summed E-state index contributed by atoms with van der Waals surface area (Å²) >= 11 is 1.44. The number of benzene rings is 1. The SMILES string of the molecule is CCOC(=O)c1csc(NCC2Cc3ccccc32)n1. The number of thiazole rings is 1. The first-order chi connectivity index (χ1) is 9.78. The predicted octanol–water partition coefficient (Wildman–Crippen LogP) is 3.07. The average molecular weight is 288 g/mol. The zero-order valence-electron chi connectivity index (χ0n) is 11.3. The van der Waals surface area contributed by atoms with Crippen molar-refractivity contribution in [2.24, 2.45) is 0 Å². The molecule has 104 valence electrons. The van der Waals surface area contributed by atoms with Crippen molar-refractivity contribution >= 4 is 22.4 Å². The Labute approximate surface area is 121 Å². The predicted molar refractivity (Wildman–Crippen MR) is 79.4 cm³/mol. The Hall–Kier alpha value is -1.88. The van der Waals surface area contributed by atoms with Gasteiger partial charge < -0.3 is 10.1 Å². The quantitative estimate of drug-likeness (QED) is 0.859. The number of hydrogen-bond donors (Lipinski definition) is 1. The number of nitrogens with zero attached hydrogens (tertiary/aromatic N) is 1. The molecule has 0 radical (unpaired) electrons. The van der Waals surface area contributed by atoms with E-state index in [0.29, 0.717) is 18.2 Å². The molecule has 2 aromatic rings. The molecule has 5 heteroatoms. The first-order valence-electron chi connectivity index (χ1n) is 6.72. The van der Waals surface area contributed by atoms with Gasteiger partial charge in [0, 0.05) is 17.8 Å². The van der Waals surface area contributed by atoms with E-state index in [0.717, 1.165) is 18.1 Å². The van der Waals surface area contributed by atoms with Crippen LogP contribution < -0.4 is 5.32 Å². The number of nitrogens with one attached hydrogen (secondary N) is 1. The zero-order chi connectivity index (χ0) is 13.9. The fourth-order valence-electron chi connectivity index (χ4n) is 2.41. The van der Waals surface area contributed by atoms with E-state index in [1.165, 1.54) is 22.5 Å². The lowest BCUT2D eigenvalue weighted by Gasteiger charge is -2.30. The summed E-state index contributed by atoms with van der Waals surface area (Å²) in [5, 5.41) is 5.81. The first kappa shape index (κ1) is 13.1. The van der Waals surface area contributed by atoms with Crippen molar-refractivity contribution in [1.29, 1.82) is 0 Å². The standard InChI is InChI=1S/C15H16N2O2S/c1-2-19-14(18)13-9-20-15(17-13)16-8-11-7-10-5-3-4-6-12(10)11/h3-6,9,11H,2,7-8H2,1H3,(H,16,17). The second kappa shape index (κ2) is 5.63. The molecule has 1 aliphatic carbocycles. The average Bonchev–Trinajstić information content (AvgIpc) is 2.89. The smallest absolute Gasteiger partial charge is 0.357 e. The van der Waals surface area contributed by atoms with Crippen molar-refractivity contribution in [3.05, 3.63) is 46.5 Å². The van der Waals surface area contributed by atoms with E-state index in [1.54, 1.807) is 12.3 Å². The molecule has 1 aromatic carbocycles. The van der Waals surface area contributed by atoms with Crippen molar-refractivity contribution in [2.45, 2.75) is 19.3 Å². The molecule has 0 spiro atoms. The normalized spacial score (nSPS) is 16.1. The molecule has 0 saturated heterocycles. The summed E-state index contributed by atoms with van der Waals surface area (Å²) in [6, 6.07) is 8.51. The van der Waals surface area contributed by atoms with Crippen molar-refractivity contribution < 1.29 is 9.53 Å². The Morgan fingerprint density at radius 1 is 1.50 bits per heavy atom. The molecule has 0 bridgehead atoms. The lowest BCUT2D eigenvalue weighted by atomic mass is 9.78. The lowest BCUT2D eigenvalue weighted by Crippen LogP contribution is -2.24. The van der Waals surface area contributed by atoms with Gasteiger partial charge in [-0.1, -0.05) is 24.3 Å². The van der Waals surface area contributed by atoms with Gasteiger partial charge in [0.2, 0.25) is 0 Å². The van der Waals surface area contributed by atoms with Crippen LogP contribution in [0.1, 0.15) is 34.5 Å². The minimum absolute atomic E-state index is 0.356. The number of esters is 1. The highest BCUT2D eigenvalue weighted by atomic mass is 32.1. The van der Waals surface area contributed by atoms with Crippen LogP contribution in [0.2, 0.25) is 0 Å². The number of hydrogen-bond acceptors (Lipinski definition) is 5. The van der Waals surface area contributed by atoms with Crippen LogP contribution in [0.5, 0.6) is 0 Å². The van der Waals surface area contributed by atoms with Crippen molar-refractivity contribution in [3.63, 3.8) is 0 Å². The Bertz CT molecular complexity index is 624. The largest absolute Gasteiger partial charge is 0.461 e. The molecule has 4 nitrogen and oxygen atoms in total. The van der Waals surface area contributed by atoms with Crippen LogP contribution in [0.15, 0.2) is 29.6 Å². The summed E-state index contributed by atoms with van der Waals surface area (Å²) < 4.78 is 4.92. The molecule has 1 unspecified atom stereocenters. The third-order valence-corrected chi connectivity index (χ3v) is 4.25. The molecule has 1 N–H and O–H groups in total. The van der Waals surface area contributed by atoms with Crippen LogP contribution >= 0.6 is 11.3 Å². The number of carbonyl (C=O) groups excluding carboxylic acids is 1. The van der Waals surface area contributed by atoms with Gasteiger partial charge in [-0.3, -0.25) is 0 Å². The van der Waals surface area contributed by atoms with Gasteiger partial charge in [-0.25, -0.2) is 9.78 Å². The van der Waals surface area contributed by atoms with Gasteiger partial charge in [0.15, 0.2) is 10.8 Å². The topological polar surface area (TPSA) is 51.2 Å². The maximum Gasteiger partial charge on any atom is 0.357 e. The van der Waals surface area contributed by atoms with Crippen molar-refractivity contribution in [3.8, 4) is 0 Å². The maximum absolute atomic E-state index is 11.5. The summed E-state index contributed by atoms with van der Waals surface area (Å²) in [6.07, 6.45) is 1.11. The fraction of sp³-hybridized carbons (Fsp3) is 0.333. The van der Waals surface area contributed by atoms with E-state index in [1.807, 2.05) is 0 Å². The monoisotopic (exact) mass is 288 g/mol. The van der Waals surface area contributed by atoms with E-state index < -0.39 is 0 Å². The number of rotatable bonds is 5. The van der Waals surface area contributed by atoms with Gasteiger partial charge in [-0.2, -0.15) is 0 Å². The van der Waals surface area contributed by atoms with Gasteiger partial charge in [0.1, 0.15) is 0 Å². The number of ether oxygens (including phenoxy) is 1. The van der Waals surface area contributed by atoms with Gasteiger partial charge in [0.25, 0.3) is 0 Å². The van der Waals surface area contributed by atoms with Crippen LogP contribution in [0.3, 0.4) is 0 Å². The highest BCUT2D eigenvalue weighted by Crippen LogP contribution is 2.34. The molecule has 0 aliphatic heterocycles. The van der Waals surface area contributed by atoms with Gasteiger partial charge in [-0.15, -0.1) is 11.3 Å². The van der Waals surface area contributed by atoms with Gasteiger partial charge in [0.05, 0.1) is 6.61 Å². The molecule has 3 rings (SSSR count). The van der Waals surface area contributed by atoms with Crippen LogP contribution in [-0.2, 0) is 11.2 Å². The van der Waals surface area contributed by atoms with Crippen molar-refractivity contribution in [2.75, 3.05) is 18.5 Å². The van der Waals surface area contributed by atoms with Crippen molar-refractivity contribution in [1.82, 2.24) is 4.98 Å². The van der Waals surface area contributed by atoms with E-state index >= 15 is 0 Å². The summed E-state index contributed by atoms with van der Waals surface area (Å²) in [6.45, 7) is 3.02. The third-order valence-electron chi connectivity index (χ3n) is 3.45. The molecular weight excluding hydrogens is 272 g/mol. The van der Waals surface area contributed by atoms with E-state index in [9.17, 15) is 4.79 Å². The van der Waals surface area contributed by atoms with Crippen LogP contribution in [0, 0.1) is 0 Å². The molecular formula is C15H16N2O2S. The maximum atomic E-state index is 11.5. The minimum atomic E-state index is -0.356. The highest BCUT2D eigenvalue weighted by molar-refractivity contribution is 7.13. The number of fused-ring (bicyclic) bond motifs is 1. The summed E-state index contributed by atoms with van der Waals surface area (Å²) in [5.74, 6) is 0.187. The Morgan fingerprint density at radius 3 is 3.15 bits per heavy atom. The Morgan fingerprint density at radius 2 is 2.35 bits per heavy atom. The lowest BCUT2D eigenvalue weighted by molar-refractivity contribution is 0.0520. The highest BCUT2D eigenvalue weighted by Gasteiger charge is 2.25. The second-order valence-corrected chi connectivity index (χ2v) is 5.60. The third kappa shape index (κ3) is 2.54. The number of anilines is 1. The molecule has 20 heavy (non-hydrogen) atoms. The molecule has 0 amide bonds. The number of aromatic nitrogens is 1. The Balaban J connectivity index is 1.56. The van der Waals surface area contributed by atoms with E-state index in [2.05, 4.69) is 34.6 Å². The summed E-state index contributed by atoms with van der Waals surface area (Å²) in [4.78, 5) is 15.8. The summed E-state index contributed by atoms with van der Waals surface area (Å²) in [7, 11) is 0. The molecule has 1 aliphatic rings. The van der Waals surface area contributed by atoms with E-state index in [-0.39, 0.29) is 5.97 Å². The number of carbonyl (C=O) groups is 1. The van der Waals surface area contributed by atoms with Crippen LogP contribution in [-0.4, -0.2) is 24.1 Å². The zero-order valence-corrected chi connectivity index (χ0v) is 12.1. The second-order valence-electron chi connectivity index (χ2n) is 4.74. The van der Waals surface area contributed by atoms with Gasteiger partial charge in [-0.05, 0) is 24.5 Å². The van der Waals surface area contributed by atoms with Crippen LogP contribution in [0.4, 0.5) is 5.13 Å². The molecule has 1 heterocycles. The van der Waals surface area contributed by atoms with Crippen LogP contribution in [0.25, 0.3) is 0 Å². The molecule has 1 aromatic heterocycles. The first-order valence-corrected chi connectivity index (χ1v) is 7.60. The Kier molecular flexibility index (Phi) is 3.69. The molecule has 0 fully saturated rings. The fourth-order valence-corrected chi connectivity index (χ4v) is 3.10.